The Labute approximate surface area is 150 Å². The van der Waals surface area contributed by atoms with Gasteiger partial charge < -0.3 is 0 Å². The molecular weight excluding hydrogens is 302 g/mol. The number of fused-ring (bicyclic) bond motifs is 1. The van der Waals surface area contributed by atoms with Gasteiger partial charge in [-0.05, 0) is 54.3 Å². The molecule has 126 valence electrons. The van der Waals surface area contributed by atoms with Gasteiger partial charge in [-0.15, -0.1) is 0 Å². The molecule has 0 aliphatic heterocycles. The maximum absolute atomic E-state index is 4.72. The fourth-order valence-electron chi connectivity index (χ4n) is 3.32. The topological polar surface area (TPSA) is 12.9 Å². The van der Waals surface area contributed by atoms with E-state index in [2.05, 4.69) is 51.8 Å². The lowest BCUT2D eigenvalue weighted by Gasteiger charge is -2.14. The number of pyridine rings is 1. The van der Waals surface area contributed by atoms with Crippen molar-refractivity contribution in [2.24, 2.45) is 0 Å². The van der Waals surface area contributed by atoms with Crippen LogP contribution in [0.2, 0.25) is 0 Å². The summed E-state index contributed by atoms with van der Waals surface area (Å²) >= 11 is 0. The number of rotatable bonds is 3. The van der Waals surface area contributed by atoms with Crippen LogP contribution in [0.5, 0.6) is 0 Å². The summed E-state index contributed by atoms with van der Waals surface area (Å²) in [6.07, 6.45) is 17.8. The molecule has 0 fully saturated rings. The molecule has 1 heteroatoms. The van der Waals surface area contributed by atoms with Crippen molar-refractivity contribution >= 4 is 17.2 Å². The van der Waals surface area contributed by atoms with E-state index in [0.717, 1.165) is 44.0 Å². The lowest BCUT2D eigenvalue weighted by atomic mass is 9.89. The lowest BCUT2D eigenvalue weighted by molar-refractivity contribution is 1.22. The van der Waals surface area contributed by atoms with Gasteiger partial charge >= 0.3 is 0 Å². The minimum Gasteiger partial charge on any atom is -0.256 e. The van der Waals surface area contributed by atoms with Crippen molar-refractivity contribution in [3.63, 3.8) is 0 Å². The van der Waals surface area contributed by atoms with Crippen LogP contribution in [0.4, 0.5) is 0 Å². The Kier molecular flexibility index (Phi) is 6.08. The molecule has 0 atom stereocenters. The first-order chi connectivity index (χ1) is 12.2. The number of allylic oxidation sites excluding steroid dienone is 11. The lowest BCUT2D eigenvalue weighted by Crippen LogP contribution is -2.31. The van der Waals surface area contributed by atoms with Crippen molar-refractivity contribution in [1.82, 2.24) is 4.98 Å². The van der Waals surface area contributed by atoms with Gasteiger partial charge in [0.25, 0.3) is 0 Å². The van der Waals surface area contributed by atoms with Gasteiger partial charge in [-0.1, -0.05) is 68.3 Å². The fraction of sp³-hybridized carbons (Fsp3) is 0.125. The first-order valence-corrected chi connectivity index (χ1v) is 8.46. The van der Waals surface area contributed by atoms with Crippen LogP contribution in [0.1, 0.15) is 26.5 Å². The van der Waals surface area contributed by atoms with Gasteiger partial charge in [0.05, 0.1) is 5.69 Å². The van der Waals surface area contributed by atoms with E-state index in [1.54, 1.807) is 0 Å². The van der Waals surface area contributed by atoms with Gasteiger partial charge in [-0.3, -0.25) is 4.98 Å². The molecule has 25 heavy (non-hydrogen) atoms. The zero-order valence-corrected chi connectivity index (χ0v) is 15.3. The van der Waals surface area contributed by atoms with Crippen LogP contribution in [0.3, 0.4) is 0 Å². The zero-order chi connectivity index (χ0) is 18.4. The van der Waals surface area contributed by atoms with Crippen molar-refractivity contribution in [2.75, 3.05) is 0 Å². The van der Waals surface area contributed by atoms with E-state index >= 15 is 0 Å². The molecule has 0 aromatic carbocycles. The van der Waals surface area contributed by atoms with Crippen LogP contribution >= 0.6 is 0 Å². The van der Waals surface area contributed by atoms with Crippen molar-refractivity contribution in [2.45, 2.75) is 20.8 Å². The van der Waals surface area contributed by atoms with Crippen LogP contribution in [0, 0.1) is 0 Å². The van der Waals surface area contributed by atoms with Gasteiger partial charge in [-0.25, -0.2) is 0 Å². The highest BCUT2D eigenvalue weighted by Gasteiger charge is 2.23. The normalized spacial score (nSPS) is 21.6. The summed E-state index contributed by atoms with van der Waals surface area (Å²) < 4.78 is 0. The van der Waals surface area contributed by atoms with E-state index in [0.29, 0.717) is 0 Å². The molecule has 0 unspecified atom stereocenters. The van der Waals surface area contributed by atoms with E-state index in [1.165, 1.54) is 0 Å². The minimum atomic E-state index is 0.949. The van der Waals surface area contributed by atoms with Gasteiger partial charge in [0.1, 0.15) is 0 Å². The zero-order valence-electron chi connectivity index (χ0n) is 15.3. The second-order valence-electron chi connectivity index (χ2n) is 5.57. The highest BCUT2D eigenvalue weighted by atomic mass is 14.7. The fourth-order valence-corrected chi connectivity index (χ4v) is 3.32. The van der Waals surface area contributed by atoms with Crippen LogP contribution in [-0.4, -0.2) is 4.98 Å². The van der Waals surface area contributed by atoms with Gasteiger partial charge in [0.15, 0.2) is 0 Å². The quantitative estimate of drug-likeness (QED) is 0.776. The second-order valence-corrected chi connectivity index (χ2v) is 5.57. The molecule has 2 rings (SSSR count). The predicted octanol–water partition coefficient (Wildman–Crippen LogP) is 4.81. The summed E-state index contributed by atoms with van der Waals surface area (Å²) in [5.74, 6) is 0. The van der Waals surface area contributed by atoms with Crippen LogP contribution < -0.4 is 10.4 Å². The number of hydrogen-bond acceptors (Lipinski definition) is 1. The molecule has 1 aliphatic rings. The SMILES string of the molecule is C=CC=C1C(=CC)C(=C/C)/C(=C\C=C)c2ncc/c(=C/C)c2=C1C=C. The van der Waals surface area contributed by atoms with E-state index in [1.807, 2.05) is 49.6 Å². The van der Waals surface area contributed by atoms with Gasteiger partial charge in [0, 0.05) is 17.0 Å². The first-order valence-electron chi connectivity index (χ1n) is 8.46. The van der Waals surface area contributed by atoms with Crippen molar-refractivity contribution in [3.8, 4) is 0 Å². The first kappa shape index (κ1) is 18.4. The van der Waals surface area contributed by atoms with Crippen LogP contribution in [-0.2, 0) is 0 Å². The molecule has 0 N–H and O–H groups in total. The Bertz CT molecular complexity index is 960. The molecule has 1 heterocycles. The minimum absolute atomic E-state index is 0.949. The molecular formula is C24H25N. The molecule has 1 nitrogen and oxygen atoms in total. The smallest absolute Gasteiger partial charge is 0.0792 e. The van der Waals surface area contributed by atoms with Crippen LogP contribution in [0.15, 0.2) is 91.3 Å². The Balaban J connectivity index is 3.25. The third-order valence-corrected chi connectivity index (χ3v) is 4.33. The van der Waals surface area contributed by atoms with Gasteiger partial charge in [-0.2, -0.15) is 0 Å². The summed E-state index contributed by atoms with van der Waals surface area (Å²) in [5.41, 5.74) is 6.46. The van der Waals surface area contributed by atoms with E-state index in [9.17, 15) is 0 Å². The summed E-state index contributed by atoms with van der Waals surface area (Å²) in [5, 5.41) is 2.23. The summed E-state index contributed by atoms with van der Waals surface area (Å²) in [6, 6.07) is 2.04. The van der Waals surface area contributed by atoms with Crippen LogP contribution in [0.25, 0.3) is 17.2 Å². The third kappa shape index (κ3) is 3.18. The predicted molar refractivity (Wildman–Crippen MR) is 111 cm³/mol. The number of aromatic nitrogens is 1. The molecule has 1 aromatic heterocycles. The molecule has 1 aromatic rings. The Morgan fingerprint density at radius 2 is 1.40 bits per heavy atom. The summed E-state index contributed by atoms with van der Waals surface area (Å²) in [4.78, 5) is 4.72. The van der Waals surface area contributed by atoms with E-state index < -0.39 is 0 Å². The van der Waals surface area contributed by atoms with Gasteiger partial charge in [0.2, 0.25) is 0 Å². The molecule has 0 bridgehead atoms. The summed E-state index contributed by atoms with van der Waals surface area (Å²) in [7, 11) is 0. The molecule has 1 aliphatic carbocycles. The third-order valence-electron chi connectivity index (χ3n) is 4.33. The van der Waals surface area contributed by atoms with E-state index in [4.69, 9.17) is 4.98 Å². The molecule has 0 amide bonds. The molecule has 0 radical (unpaired) electrons. The standard InChI is InChI=1S/C24H25N/c1-7-13-21-18(10-4)19(11-5)22(14-8-2)24-23(20(21)12-6)17(9-3)15-16-25-24/h7-16H,1-2,6H2,3-5H3/b17-9-,18-10?,19-11-,21-13?,22-14+. The second kappa shape index (κ2) is 8.25. The Morgan fingerprint density at radius 1 is 0.800 bits per heavy atom. The average Bonchev–Trinajstić information content (AvgIpc) is 2.74. The van der Waals surface area contributed by atoms with Crippen molar-refractivity contribution < 1.29 is 0 Å². The molecule has 0 saturated heterocycles. The maximum Gasteiger partial charge on any atom is 0.0792 e. The number of hydrogen-bond donors (Lipinski definition) is 0. The highest BCUT2D eigenvalue weighted by molar-refractivity contribution is 5.95. The highest BCUT2D eigenvalue weighted by Crippen LogP contribution is 2.36. The monoisotopic (exact) mass is 327 g/mol. The Hall–Kier alpha value is -2.93. The molecule has 0 spiro atoms. The van der Waals surface area contributed by atoms with Crippen molar-refractivity contribution in [1.29, 1.82) is 0 Å². The molecule has 0 saturated carbocycles. The summed E-state index contributed by atoms with van der Waals surface area (Å²) in [6.45, 7) is 18.0. The maximum atomic E-state index is 4.72. The van der Waals surface area contributed by atoms with Crippen molar-refractivity contribution in [3.05, 3.63) is 107 Å². The average molecular weight is 327 g/mol. The van der Waals surface area contributed by atoms with E-state index in [-0.39, 0.29) is 0 Å². The largest absolute Gasteiger partial charge is 0.256 e. The Morgan fingerprint density at radius 3 is 1.92 bits per heavy atom. The number of nitrogens with zero attached hydrogens (tertiary/aromatic N) is 1.